The van der Waals surface area contributed by atoms with E-state index in [9.17, 15) is 9.18 Å². The molecule has 1 amide bonds. The summed E-state index contributed by atoms with van der Waals surface area (Å²) in [6.07, 6.45) is 3.58. The van der Waals surface area contributed by atoms with Crippen LogP contribution in [0.15, 0.2) is 18.5 Å². The van der Waals surface area contributed by atoms with Crippen LogP contribution in [-0.2, 0) is 0 Å². The first-order valence-electron chi connectivity index (χ1n) is 7.52. The number of nitrogens with one attached hydrogen (secondary N) is 1. The monoisotopic (exact) mass is 291 g/mol. The van der Waals surface area contributed by atoms with Crippen LogP contribution in [-0.4, -0.2) is 40.0 Å². The van der Waals surface area contributed by atoms with Gasteiger partial charge >= 0.3 is 0 Å². The Kier molecular flexibility index (Phi) is 4.94. The number of amides is 1. The first-order chi connectivity index (χ1) is 10.1. The molecular formula is C16H22FN3O. The highest BCUT2D eigenvalue weighted by Crippen LogP contribution is 2.19. The van der Waals surface area contributed by atoms with Gasteiger partial charge in [-0.2, -0.15) is 0 Å². The van der Waals surface area contributed by atoms with E-state index in [4.69, 9.17) is 0 Å². The van der Waals surface area contributed by atoms with E-state index in [2.05, 4.69) is 9.97 Å². The van der Waals surface area contributed by atoms with Gasteiger partial charge in [0, 0.05) is 25.5 Å². The maximum Gasteiger partial charge on any atom is 0.255 e. The molecule has 0 spiro atoms. The van der Waals surface area contributed by atoms with Crippen LogP contribution in [0.4, 0.5) is 4.39 Å². The molecule has 0 atom stereocenters. The van der Waals surface area contributed by atoms with Crippen molar-refractivity contribution >= 4 is 16.9 Å². The zero-order valence-corrected chi connectivity index (χ0v) is 12.8. The summed E-state index contributed by atoms with van der Waals surface area (Å²) < 4.78 is 13.1. The summed E-state index contributed by atoms with van der Waals surface area (Å²) in [5.74, 6) is -0.0615. The molecule has 3 rings (SSSR count). The highest BCUT2D eigenvalue weighted by Gasteiger charge is 2.23. The van der Waals surface area contributed by atoms with E-state index in [0.717, 1.165) is 16.6 Å². The molecule has 2 aromatic heterocycles. The molecule has 3 heterocycles. The largest absolute Gasteiger partial charge is 0.360 e. The van der Waals surface area contributed by atoms with Gasteiger partial charge in [0.05, 0.1) is 16.6 Å². The van der Waals surface area contributed by atoms with Gasteiger partial charge in [0.15, 0.2) is 0 Å². The number of fused-ring (bicyclic) bond motifs is 1. The average Bonchev–Trinajstić information content (AvgIpc) is 2.90. The lowest BCUT2D eigenvalue weighted by Gasteiger charge is -2.28. The molecule has 0 bridgehead atoms. The summed E-state index contributed by atoms with van der Waals surface area (Å²) in [5, 5.41) is 0. The van der Waals surface area contributed by atoms with E-state index in [-0.39, 0.29) is 5.91 Å². The number of alkyl halides is 1. The van der Waals surface area contributed by atoms with Gasteiger partial charge in [0.1, 0.15) is 6.17 Å². The van der Waals surface area contributed by atoms with Crippen LogP contribution in [0.1, 0.15) is 42.6 Å². The fourth-order valence-electron chi connectivity index (χ4n) is 2.49. The molecule has 0 radical (unpaired) electrons. The van der Waals surface area contributed by atoms with Crippen molar-refractivity contribution in [3.8, 4) is 0 Å². The van der Waals surface area contributed by atoms with Gasteiger partial charge in [-0.25, -0.2) is 4.39 Å². The van der Waals surface area contributed by atoms with Gasteiger partial charge in [0.2, 0.25) is 0 Å². The van der Waals surface area contributed by atoms with E-state index in [1.165, 1.54) is 0 Å². The van der Waals surface area contributed by atoms with Crippen molar-refractivity contribution in [3.05, 3.63) is 29.6 Å². The Morgan fingerprint density at radius 2 is 2.05 bits per heavy atom. The van der Waals surface area contributed by atoms with Crippen molar-refractivity contribution in [2.75, 3.05) is 13.1 Å². The summed E-state index contributed by atoms with van der Waals surface area (Å²) in [5.41, 5.74) is 3.38. The summed E-state index contributed by atoms with van der Waals surface area (Å²) in [6.45, 7) is 6.95. The predicted molar refractivity (Wildman–Crippen MR) is 82.2 cm³/mol. The lowest BCUT2D eigenvalue weighted by atomic mass is 10.1. The van der Waals surface area contributed by atoms with Gasteiger partial charge in [-0.05, 0) is 31.4 Å². The molecule has 4 nitrogen and oxygen atoms in total. The molecule has 0 aliphatic carbocycles. The minimum absolute atomic E-state index is 0.0615. The highest BCUT2D eigenvalue weighted by atomic mass is 19.1. The third-order valence-electron chi connectivity index (χ3n) is 3.66. The number of nitrogens with zero attached hydrogens (tertiary/aromatic N) is 2. The second-order valence-corrected chi connectivity index (χ2v) is 5.06. The molecule has 1 saturated heterocycles. The molecule has 0 aromatic carbocycles. The Labute approximate surface area is 124 Å². The fraction of sp³-hybridized carbons (Fsp3) is 0.500. The summed E-state index contributed by atoms with van der Waals surface area (Å²) in [4.78, 5) is 21.4. The Morgan fingerprint density at radius 3 is 2.71 bits per heavy atom. The number of H-pyrrole nitrogens is 1. The lowest BCUT2D eigenvalue weighted by Crippen LogP contribution is -2.39. The number of halogens is 1. The second-order valence-electron chi connectivity index (χ2n) is 5.06. The number of aromatic nitrogens is 2. The van der Waals surface area contributed by atoms with E-state index in [1.54, 1.807) is 11.1 Å². The highest BCUT2D eigenvalue weighted by molar-refractivity contribution is 5.97. The number of piperidine rings is 1. The molecule has 1 fully saturated rings. The SMILES string of the molecule is CC.Cc1c[nH]c2cc(C(=O)N3CCC(F)CC3)cnc12. The van der Waals surface area contributed by atoms with E-state index in [0.29, 0.717) is 31.5 Å². The summed E-state index contributed by atoms with van der Waals surface area (Å²) in [7, 11) is 0. The number of likely N-dealkylation sites (tertiary alicyclic amines) is 1. The van der Waals surface area contributed by atoms with Crippen LogP contribution in [0.2, 0.25) is 0 Å². The maximum atomic E-state index is 13.1. The van der Waals surface area contributed by atoms with Crippen molar-refractivity contribution in [1.29, 1.82) is 0 Å². The quantitative estimate of drug-likeness (QED) is 0.874. The molecule has 5 heteroatoms. The zero-order chi connectivity index (χ0) is 15.4. The molecule has 0 unspecified atom stereocenters. The number of aromatic amines is 1. The van der Waals surface area contributed by atoms with Crippen LogP contribution in [0.25, 0.3) is 11.0 Å². The first kappa shape index (κ1) is 15.5. The van der Waals surface area contributed by atoms with Crippen molar-refractivity contribution in [1.82, 2.24) is 14.9 Å². The lowest BCUT2D eigenvalue weighted by molar-refractivity contribution is 0.0667. The number of aryl methyl sites for hydroxylation is 1. The van der Waals surface area contributed by atoms with Crippen molar-refractivity contribution in [2.24, 2.45) is 0 Å². The Morgan fingerprint density at radius 1 is 1.38 bits per heavy atom. The first-order valence-corrected chi connectivity index (χ1v) is 7.52. The van der Waals surface area contributed by atoms with E-state index >= 15 is 0 Å². The smallest absolute Gasteiger partial charge is 0.255 e. The van der Waals surface area contributed by atoms with E-state index in [1.807, 2.05) is 33.0 Å². The van der Waals surface area contributed by atoms with Crippen LogP contribution < -0.4 is 0 Å². The Hall–Kier alpha value is -1.91. The summed E-state index contributed by atoms with van der Waals surface area (Å²) in [6, 6.07) is 1.82. The number of hydrogen-bond acceptors (Lipinski definition) is 2. The van der Waals surface area contributed by atoms with Gasteiger partial charge in [0.25, 0.3) is 5.91 Å². The minimum Gasteiger partial charge on any atom is -0.360 e. The topological polar surface area (TPSA) is 49.0 Å². The van der Waals surface area contributed by atoms with Gasteiger partial charge < -0.3 is 9.88 Å². The normalized spacial score (nSPS) is 15.7. The molecular weight excluding hydrogens is 269 g/mol. The van der Waals surface area contributed by atoms with Crippen LogP contribution in [0.5, 0.6) is 0 Å². The molecule has 0 saturated carbocycles. The molecule has 1 aliphatic heterocycles. The molecule has 1 N–H and O–H groups in total. The maximum absolute atomic E-state index is 13.1. The number of rotatable bonds is 1. The van der Waals surface area contributed by atoms with Gasteiger partial charge in [-0.3, -0.25) is 9.78 Å². The zero-order valence-electron chi connectivity index (χ0n) is 12.8. The van der Waals surface area contributed by atoms with Gasteiger partial charge in [-0.15, -0.1) is 0 Å². The molecule has 21 heavy (non-hydrogen) atoms. The molecule has 2 aromatic rings. The standard InChI is InChI=1S/C14H16FN3O.C2H6/c1-9-7-16-12-6-10(8-17-13(9)12)14(19)18-4-2-11(15)3-5-18;1-2/h6-8,11,16H,2-5H2,1H3;1-2H3. The molecule has 114 valence electrons. The van der Waals surface area contributed by atoms with Crippen LogP contribution in [0, 0.1) is 6.92 Å². The fourth-order valence-corrected chi connectivity index (χ4v) is 2.49. The summed E-state index contributed by atoms with van der Waals surface area (Å²) >= 11 is 0. The Balaban J connectivity index is 0.000000774. The van der Waals surface area contributed by atoms with E-state index < -0.39 is 6.17 Å². The third kappa shape index (κ3) is 3.23. The third-order valence-corrected chi connectivity index (χ3v) is 3.66. The Bertz CT molecular complexity index is 615. The predicted octanol–water partition coefficient (Wildman–Crippen LogP) is 3.47. The van der Waals surface area contributed by atoms with Crippen molar-refractivity contribution < 1.29 is 9.18 Å². The molecule has 1 aliphatic rings. The van der Waals surface area contributed by atoms with Gasteiger partial charge in [-0.1, -0.05) is 13.8 Å². The number of hydrogen-bond donors (Lipinski definition) is 1. The number of carbonyl (C=O) groups excluding carboxylic acids is 1. The average molecular weight is 291 g/mol. The van der Waals surface area contributed by atoms with Crippen LogP contribution in [0.3, 0.4) is 0 Å². The number of pyridine rings is 1. The van der Waals surface area contributed by atoms with Crippen molar-refractivity contribution in [3.63, 3.8) is 0 Å². The number of carbonyl (C=O) groups is 1. The second kappa shape index (κ2) is 6.70. The van der Waals surface area contributed by atoms with Crippen molar-refractivity contribution in [2.45, 2.75) is 39.8 Å². The van der Waals surface area contributed by atoms with Crippen LogP contribution >= 0.6 is 0 Å². The minimum atomic E-state index is -0.768.